The zero-order valence-corrected chi connectivity index (χ0v) is 20.1. The normalized spacial score (nSPS) is 12.2. The molecule has 0 fully saturated rings. The SMILES string of the molecule is CNC(=O)C(C)N(Cc1ccc(C)cc1)C(=O)CN(c1cccc2ccccc12)S(C)(=O)=O. The number of hydrogen-bond donors (Lipinski definition) is 1. The van der Waals surface area contributed by atoms with E-state index in [1.807, 2.05) is 61.5 Å². The van der Waals surface area contributed by atoms with E-state index < -0.39 is 28.5 Å². The van der Waals surface area contributed by atoms with Gasteiger partial charge in [0.25, 0.3) is 0 Å². The first kappa shape index (κ1) is 24.3. The van der Waals surface area contributed by atoms with E-state index in [1.54, 1.807) is 19.1 Å². The predicted octanol–water partition coefficient (Wildman–Crippen LogP) is 3.08. The maximum atomic E-state index is 13.5. The number of sulfonamides is 1. The van der Waals surface area contributed by atoms with E-state index in [0.717, 1.165) is 32.5 Å². The van der Waals surface area contributed by atoms with Crippen LogP contribution in [-0.2, 0) is 26.2 Å². The second-order valence-electron chi connectivity index (χ2n) is 8.07. The number of anilines is 1. The number of amides is 2. The lowest BCUT2D eigenvalue weighted by Crippen LogP contribution is -2.50. The minimum Gasteiger partial charge on any atom is -0.357 e. The molecule has 3 aromatic rings. The summed E-state index contributed by atoms with van der Waals surface area (Å²) in [6.45, 7) is 3.36. The number of fused-ring (bicyclic) bond motifs is 1. The summed E-state index contributed by atoms with van der Waals surface area (Å²) in [6, 6.07) is 19.6. The molecule has 1 atom stereocenters. The van der Waals surface area contributed by atoms with Crippen molar-refractivity contribution in [1.82, 2.24) is 10.2 Å². The maximum Gasteiger partial charge on any atom is 0.244 e. The number of likely N-dealkylation sites (N-methyl/N-ethyl adjacent to an activating group) is 1. The summed E-state index contributed by atoms with van der Waals surface area (Å²) in [4.78, 5) is 27.3. The number of carbonyl (C=O) groups is 2. The number of carbonyl (C=O) groups excluding carboxylic acids is 2. The lowest BCUT2D eigenvalue weighted by molar-refractivity contribution is -0.139. The molecule has 0 bridgehead atoms. The Balaban J connectivity index is 1.99. The van der Waals surface area contributed by atoms with E-state index in [0.29, 0.717) is 5.69 Å². The molecule has 174 valence electrons. The van der Waals surface area contributed by atoms with Crippen molar-refractivity contribution in [3.63, 3.8) is 0 Å². The molecule has 33 heavy (non-hydrogen) atoms. The number of aryl methyl sites for hydroxylation is 1. The van der Waals surface area contributed by atoms with Crippen LogP contribution in [0.15, 0.2) is 66.7 Å². The van der Waals surface area contributed by atoms with Crippen LogP contribution in [0.5, 0.6) is 0 Å². The number of hydrogen-bond acceptors (Lipinski definition) is 4. The van der Waals surface area contributed by atoms with E-state index >= 15 is 0 Å². The largest absolute Gasteiger partial charge is 0.357 e. The van der Waals surface area contributed by atoms with E-state index in [-0.39, 0.29) is 12.5 Å². The first-order valence-corrected chi connectivity index (χ1v) is 12.5. The number of nitrogens with one attached hydrogen (secondary N) is 1. The highest BCUT2D eigenvalue weighted by molar-refractivity contribution is 7.92. The fraction of sp³-hybridized carbons (Fsp3) is 0.280. The van der Waals surface area contributed by atoms with Gasteiger partial charge in [0.1, 0.15) is 12.6 Å². The summed E-state index contributed by atoms with van der Waals surface area (Å²) in [7, 11) is -2.28. The van der Waals surface area contributed by atoms with Gasteiger partial charge in [0.15, 0.2) is 0 Å². The third-order valence-corrected chi connectivity index (χ3v) is 6.73. The zero-order valence-electron chi connectivity index (χ0n) is 19.3. The molecule has 7 nitrogen and oxygen atoms in total. The summed E-state index contributed by atoms with van der Waals surface area (Å²) in [5.74, 6) is -0.795. The number of benzene rings is 3. The van der Waals surface area contributed by atoms with Crippen LogP contribution in [0.2, 0.25) is 0 Å². The molecule has 0 aliphatic rings. The first-order chi connectivity index (χ1) is 15.6. The quantitative estimate of drug-likeness (QED) is 0.552. The molecule has 0 spiro atoms. The number of nitrogens with zero attached hydrogens (tertiary/aromatic N) is 2. The molecule has 0 aliphatic heterocycles. The van der Waals surface area contributed by atoms with Gasteiger partial charge in [0, 0.05) is 19.0 Å². The Morgan fingerprint density at radius 3 is 2.24 bits per heavy atom. The van der Waals surface area contributed by atoms with Crippen molar-refractivity contribution in [2.24, 2.45) is 0 Å². The zero-order chi connectivity index (χ0) is 24.2. The molecule has 0 aliphatic carbocycles. The van der Waals surface area contributed by atoms with Crippen LogP contribution in [-0.4, -0.2) is 51.0 Å². The Hall–Kier alpha value is -3.39. The average molecular weight is 468 g/mol. The Morgan fingerprint density at radius 1 is 0.970 bits per heavy atom. The second kappa shape index (κ2) is 10.0. The summed E-state index contributed by atoms with van der Waals surface area (Å²) in [6.07, 6.45) is 1.08. The van der Waals surface area contributed by atoms with Crippen LogP contribution in [0.4, 0.5) is 5.69 Å². The minimum atomic E-state index is -3.78. The van der Waals surface area contributed by atoms with Crippen molar-refractivity contribution < 1.29 is 18.0 Å². The van der Waals surface area contributed by atoms with E-state index in [1.165, 1.54) is 11.9 Å². The van der Waals surface area contributed by atoms with Crippen LogP contribution in [0.3, 0.4) is 0 Å². The van der Waals surface area contributed by atoms with Crippen LogP contribution < -0.4 is 9.62 Å². The molecule has 1 unspecified atom stereocenters. The fourth-order valence-electron chi connectivity index (χ4n) is 3.70. The van der Waals surface area contributed by atoms with Gasteiger partial charge in [-0.1, -0.05) is 66.2 Å². The van der Waals surface area contributed by atoms with Gasteiger partial charge < -0.3 is 10.2 Å². The molecule has 0 saturated carbocycles. The molecule has 0 aromatic heterocycles. The van der Waals surface area contributed by atoms with E-state index in [4.69, 9.17) is 0 Å². The molecule has 3 aromatic carbocycles. The van der Waals surface area contributed by atoms with Crippen LogP contribution in [0.1, 0.15) is 18.1 Å². The molecule has 8 heteroatoms. The Labute approximate surface area is 195 Å². The Bertz CT molecular complexity index is 1250. The average Bonchev–Trinajstić information content (AvgIpc) is 2.80. The summed E-state index contributed by atoms with van der Waals surface area (Å²) in [5, 5.41) is 4.16. The van der Waals surface area contributed by atoms with Gasteiger partial charge in [0.2, 0.25) is 21.8 Å². The van der Waals surface area contributed by atoms with Crippen LogP contribution >= 0.6 is 0 Å². The van der Waals surface area contributed by atoms with Crippen molar-refractivity contribution in [3.8, 4) is 0 Å². The monoisotopic (exact) mass is 467 g/mol. The van der Waals surface area contributed by atoms with Crippen molar-refractivity contribution in [1.29, 1.82) is 0 Å². The highest BCUT2D eigenvalue weighted by atomic mass is 32.2. The fourth-order valence-corrected chi connectivity index (χ4v) is 4.56. The minimum absolute atomic E-state index is 0.181. The van der Waals surface area contributed by atoms with Gasteiger partial charge >= 0.3 is 0 Å². The lowest BCUT2D eigenvalue weighted by Gasteiger charge is -2.31. The third kappa shape index (κ3) is 5.70. The highest BCUT2D eigenvalue weighted by Crippen LogP contribution is 2.28. The lowest BCUT2D eigenvalue weighted by atomic mass is 10.1. The Morgan fingerprint density at radius 2 is 1.61 bits per heavy atom. The highest BCUT2D eigenvalue weighted by Gasteiger charge is 2.30. The van der Waals surface area contributed by atoms with E-state index in [2.05, 4.69) is 5.32 Å². The summed E-state index contributed by atoms with van der Waals surface area (Å²) < 4.78 is 26.6. The smallest absolute Gasteiger partial charge is 0.244 e. The molecular weight excluding hydrogens is 438 g/mol. The van der Waals surface area contributed by atoms with Gasteiger partial charge in [-0.3, -0.25) is 13.9 Å². The molecule has 0 radical (unpaired) electrons. The molecular formula is C25H29N3O4S. The topological polar surface area (TPSA) is 86.8 Å². The van der Waals surface area contributed by atoms with Gasteiger partial charge in [-0.05, 0) is 30.9 Å². The van der Waals surface area contributed by atoms with Gasteiger partial charge in [-0.15, -0.1) is 0 Å². The molecule has 3 rings (SSSR count). The van der Waals surface area contributed by atoms with Gasteiger partial charge in [0.05, 0.1) is 11.9 Å². The summed E-state index contributed by atoms with van der Waals surface area (Å²) in [5.41, 5.74) is 2.35. The van der Waals surface area contributed by atoms with Crippen LogP contribution in [0, 0.1) is 6.92 Å². The number of rotatable bonds is 8. The van der Waals surface area contributed by atoms with Crippen molar-refractivity contribution in [2.75, 3.05) is 24.2 Å². The van der Waals surface area contributed by atoms with E-state index in [9.17, 15) is 18.0 Å². The van der Waals surface area contributed by atoms with Gasteiger partial charge in [-0.2, -0.15) is 0 Å². The standard InChI is InChI=1S/C25H29N3O4S/c1-18-12-14-20(15-13-18)16-27(19(2)25(30)26-3)24(29)17-28(33(4,31)32)23-11-7-9-21-8-5-6-10-22(21)23/h5-15,19H,16-17H2,1-4H3,(H,26,30). The van der Waals surface area contributed by atoms with Crippen molar-refractivity contribution >= 4 is 38.3 Å². The maximum absolute atomic E-state index is 13.5. The van der Waals surface area contributed by atoms with Crippen LogP contribution in [0.25, 0.3) is 10.8 Å². The van der Waals surface area contributed by atoms with Gasteiger partial charge in [-0.25, -0.2) is 8.42 Å². The molecule has 2 amide bonds. The first-order valence-electron chi connectivity index (χ1n) is 10.6. The second-order valence-corrected chi connectivity index (χ2v) is 9.97. The predicted molar refractivity (Wildman–Crippen MR) is 131 cm³/mol. The van der Waals surface area contributed by atoms with Crippen molar-refractivity contribution in [2.45, 2.75) is 26.4 Å². The molecule has 1 N–H and O–H groups in total. The summed E-state index contributed by atoms with van der Waals surface area (Å²) >= 11 is 0. The Kier molecular flexibility index (Phi) is 7.38. The van der Waals surface area contributed by atoms with Crippen molar-refractivity contribution in [3.05, 3.63) is 77.9 Å². The molecule has 0 saturated heterocycles. The molecule has 0 heterocycles. The third-order valence-electron chi connectivity index (χ3n) is 5.60.